The molecule has 0 aromatic carbocycles. The minimum Gasteiger partial charge on any atom is -0.300 e. The van der Waals surface area contributed by atoms with Gasteiger partial charge in [-0.1, -0.05) is 41.0 Å². The predicted molar refractivity (Wildman–Crippen MR) is 53.1 cm³/mol. The highest BCUT2D eigenvalue weighted by Crippen LogP contribution is 2.35. The Balaban J connectivity index is 4.37. The third-order valence-electron chi connectivity index (χ3n) is 3.54. The van der Waals surface area contributed by atoms with Crippen molar-refractivity contribution in [2.24, 2.45) is 17.3 Å². The van der Waals surface area contributed by atoms with E-state index < -0.39 is 0 Å². The Labute approximate surface area is 76.6 Å². The van der Waals surface area contributed by atoms with Crippen molar-refractivity contribution in [1.29, 1.82) is 0 Å². The van der Waals surface area contributed by atoms with Gasteiger partial charge in [0.05, 0.1) is 0 Å². The smallest absolute Gasteiger partial charge is 0.132 e. The van der Waals surface area contributed by atoms with E-state index in [-0.39, 0.29) is 11.3 Å². The molecule has 0 fully saturated rings. The topological polar surface area (TPSA) is 17.1 Å². The van der Waals surface area contributed by atoms with Crippen LogP contribution in [0.5, 0.6) is 0 Å². The zero-order valence-electron chi connectivity index (χ0n) is 9.27. The number of ketones is 1. The molecule has 0 aliphatic rings. The van der Waals surface area contributed by atoms with E-state index in [1.54, 1.807) is 6.92 Å². The van der Waals surface area contributed by atoms with Gasteiger partial charge in [-0.25, -0.2) is 0 Å². The summed E-state index contributed by atoms with van der Waals surface area (Å²) in [5.74, 6) is 0.976. The molecule has 0 aromatic rings. The summed E-state index contributed by atoms with van der Waals surface area (Å²) >= 11 is 0. The minimum atomic E-state index is 0.194. The van der Waals surface area contributed by atoms with Gasteiger partial charge in [0.2, 0.25) is 0 Å². The fourth-order valence-electron chi connectivity index (χ4n) is 1.35. The van der Waals surface area contributed by atoms with Crippen molar-refractivity contribution in [2.75, 3.05) is 0 Å². The summed E-state index contributed by atoms with van der Waals surface area (Å²) in [4.78, 5) is 11.1. The summed E-state index contributed by atoms with van der Waals surface area (Å²) in [7, 11) is 0. The molecule has 0 spiro atoms. The molecular formula is C11H22O. The fraction of sp³-hybridized carbons (Fsp3) is 0.909. The van der Waals surface area contributed by atoms with Gasteiger partial charge >= 0.3 is 0 Å². The minimum absolute atomic E-state index is 0.194. The molecule has 2 unspecified atom stereocenters. The van der Waals surface area contributed by atoms with Gasteiger partial charge in [0.15, 0.2) is 0 Å². The van der Waals surface area contributed by atoms with Crippen molar-refractivity contribution < 1.29 is 4.79 Å². The lowest BCUT2D eigenvalue weighted by atomic mass is 9.71. The largest absolute Gasteiger partial charge is 0.300 e. The van der Waals surface area contributed by atoms with Gasteiger partial charge in [0.25, 0.3) is 0 Å². The van der Waals surface area contributed by atoms with Crippen molar-refractivity contribution in [1.82, 2.24) is 0 Å². The van der Waals surface area contributed by atoms with Crippen LogP contribution in [0.3, 0.4) is 0 Å². The van der Waals surface area contributed by atoms with E-state index in [4.69, 9.17) is 0 Å². The van der Waals surface area contributed by atoms with Gasteiger partial charge in [-0.2, -0.15) is 0 Å². The first-order valence-electron chi connectivity index (χ1n) is 4.83. The average Bonchev–Trinajstić information content (AvgIpc) is 2.01. The van der Waals surface area contributed by atoms with Crippen molar-refractivity contribution >= 4 is 5.78 Å². The highest BCUT2D eigenvalue weighted by molar-refractivity contribution is 5.78. The zero-order chi connectivity index (χ0) is 9.94. The molecule has 0 amide bonds. The second kappa shape index (κ2) is 4.06. The van der Waals surface area contributed by atoms with Crippen molar-refractivity contribution in [2.45, 2.75) is 48.0 Å². The molecule has 0 rings (SSSR count). The van der Waals surface area contributed by atoms with Crippen LogP contribution in [0.4, 0.5) is 0 Å². The molecule has 1 heteroatoms. The lowest BCUT2D eigenvalue weighted by Gasteiger charge is -2.34. The SMILES string of the molecule is CCC(C)(C)C(C)C(C)C(C)=O. The first kappa shape index (κ1) is 11.7. The number of hydrogen-bond acceptors (Lipinski definition) is 1. The van der Waals surface area contributed by atoms with E-state index in [1.165, 1.54) is 0 Å². The maximum atomic E-state index is 11.1. The third kappa shape index (κ3) is 2.62. The summed E-state index contributed by atoms with van der Waals surface area (Å²) in [6.45, 7) is 12.5. The van der Waals surface area contributed by atoms with Crippen LogP contribution in [-0.4, -0.2) is 5.78 Å². The summed E-state index contributed by atoms with van der Waals surface area (Å²) in [5.41, 5.74) is 0.283. The van der Waals surface area contributed by atoms with E-state index >= 15 is 0 Å². The maximum absolute atomic E-state index is 11.1. The molecule has 0 aliphatic carbocycles. The number of Topliss-reactive ketones (excluding diaryl/α,β-unsaturated/α-hetero) is 1. The van der Waals surface area contributed by atoms with Crippen LogP contribution in [-0.2, 0) is 4.79 Å². The normalized spacial score (nSPS) is 17.2. The monoisotopic (exact) mass is 170 g/mol. The van der Waals surface area contributed by atoms with Crippen LogP contribution in [0.1, 0.15) is 48.0 Å². The van der Waals surface area contributed by atoms with Gasteiger partial charge < -0.3 is 0 Å². The molecule has 12 heavy (non-hydrogen) atoms. The Kier molecular flexibility index (Phi) is 3.95. The van der Waals surface area contributed by atoms with Crippen LogP contribution in [0.2, 0.25) is 0 Å². The lowest BCUT2D eigenvalue weighted by molar-refractivity contribution is -0.123. The zero-order valence-corrected chi connectivity index (χ0v) is 9.27. The Bertz CT molecular complexity index is 158. The molecule has 0 heterocycles. The van der Waals surface area contributed by atoms with Crippen molar-refractivity contribution in [3.8, 4) is 0 Å². The number of carbonyl (C=O) groups excluding carboxylic acids is 1. The Morgan fingerprint density at radius 3 is 2.00 bits per heavy atom. The summed E-state index contributed by atoms with van der Waals surface area (Å²) in [6.07, 6.45) is 1.13. The van der Waals surface area contributed by atoms with Gasteiger partial charge in [-0.15, -0.1) is 0 Å². The highest BCUT2D eigenvalue weighted by Gasteiger charge is 2.30. The van der Waals surface area contributed by atoms with Crippen LogP contribution in [0.15, 0.2) is 0 Å². The Morgan fingerprint density at radius 2 is 1.75 bits per heavy atom. The van der Waals surface area contributed by atoms with Crippen molar-refractivity contribution in [3.05, 3.63) is 0 Å². The van der Waals surface area contributed by atoms with Crippen LogP contribution < -0.4 is 0 Å². The fourth-order valence-corrected chi connectivity index (χ4v) is 1.35. The number of hydrogen-bond donors (Lipinski definition) is 0. The lowest BCUT2D eigenvalue weighted by Crippen LogP contribution is -2.29. The van der Waals surface area contributed by atoms with E-state index in [0.717, 1.165) is 6.42 Å². The first-order chi connectivity index (χ1) is 5.33. The predicted octanol–water partition coefficient (Wildman–Crippen LogP) is 3.28. The second-order valence-electron chi connectivity index (χ2n) is 4.53. The average molecular weight is 170 g/mol. The molecule has 2 atom stereocenters. The summed E-state index contributed by atoms with van der Waals surface area (Å²) in [6, 6.07) is 0. The molecular weight excluding hydrogens is 148 g/mol. The molecule has 0 saturated heterocycles. The van der Waals surface area contributed by atoms with Crippen LogP contribution in [0, 0.1) is 17.3 Å². The van der Waals surface area contributed by atoms with Crippen LogP contribution >= 0.6 is 0 Å². The highest BCUT2D eigenvalue weighted by atomic mass is 16.1. The molecule has 0 aromatic heterocycles. The molecule has 0 bridgehead atoms. The molecule has 0 saturated carbocycles. The number of rotatable bonds is 4. The number of carbonyl (C=O) groups is 1. The van der Waals surface area contributed by atoms with Crippen LogP contribution in [0.25, 0.3) is 0 Å². The molecule has 0 N–H and O–H groups in total. The van der Waals surface area contributed by atoms with Gasteiger partial charge in [0, 0.05) is 5.92 Å². The van der Waals surface area contributed by atoms with E-state index in [2.05, 4.69) is 27.7 Å². The summed E-state index contributed by atoms with van der Waals surface area (Å²) < 4.78 is 0. The Morgan fingerprint density at radius 1 is 1.33 bits per heavy atom. The quantitative estimate of drug-likeness (QED) is 0.632. The van der Waals surface area contributed by atoms with Gasteiger partial charge in [-0.3, -0.25) is 4.79 Å². The third-order valence-corrected chi connectivity index (χ3v) is 3.54. The first-order valence-corrected chi connectivity index (χ1v) is 4.83. The van der Waals surface area contributed by atoms with Crippen molar-refractivity contribution in [3.63, 3.8) is 0 Å². The molecule has 1 nitrogen and oxygen atoms in total. The summed E-state index contributed by atoms with van der Waals surface area (Å²) in [5, 5.41) is 0. The Hall–Kier alpha value is -0.330. The molecule has 0 aliphatic heterocycles. The maximum Gasteiger partial charge on any atom is 0.132 e. The molecule has 0 radical (unpaired) electrons. The van der Waals surface area contributed by atoms with E-state index in [9.17, 15) is 4.79 Å². The second-order valence-corrected chi connectivity index (χ2v) is 4.53. The van der Waals surface area contributed by atoms with E-state index in [0.29, 0.717) is 11.7 Å². The standard InChI is InChI=1S/C11H22O/c1-7-11(5,6)9(3)8(2)10(4)12/h8-9H,7H2,1-6H3. The van der Waals surface area contributed by atoms with E-state index in [1.807, 2.05) is 6.92 Å². The molecule has 72 valence electrons. The van der Waals surface area contributed by atoms with Gasteiger partial charge in [0.1, 0.15) is 5.78 Å². The van der Waals surface area contributed by atoms with Gasteiger partial charge in [-0.05, 0) is 18.3 Å².